The predicted molar refractivity (Wildman–Crippen MR) is 60.3 cm³/mol. The van der Waals surface area contributed by atoms with Crippen molar-refractivity contribution < 1.29 is 4.79 Å². The molecule has 74 valence electrons. The van der Waals surface area contributed by atoms with Crippen LogP contribution in [0.1, 0.15) is 23.5 Å². The lowest BCUT2D eigenvalue weighted by Gasteiger charge is -2.09. The predicted octanol–water partition coefficient (Wildman–Crippen LogP) is 3.49. The fraction of sp³-hybridized carbons (Fsp3) is 0.400. The Morgan fingerprint density at radius 2 is 2.29 bits per heavy atom. The third-order valence-corrected chi connectivity index (χ3v) is 3.60. The number of Topliss-reactive ketones (excluding diaryl/α,β-unsaturated/α-hetero) is 1. The number of hydrogen-bond donors (Lipinski definition) is 0. The molecule has 0 aromatic carbocycles. The molecule has 0 aliphatic rings. The zero-order valence-electron chi connectivity index (χ0n) is 7.95. The van der Waals surface area contributed by atoms with Gasteiger partial charge in [0.05, 0.1) is 10.9 Å². The van der Waals surface area contributed by atoms with Gasteiger partial charge in [0.1, 0.15) is 5.92 Å². The number of halogens is 1. The molecule has 4 heteroatoms. The van der Waals surface area contributed by atoms with E-state index in [9.17, 15) is 4.79 Å². The van der Waals surface area contributed by atoms with Gasteiger partial charge in [0, 0.05) is 9.85 Å². The van der Waals surface area contributed by atoms with Crippen LogP contribution in [-0.4, -0.2) is 5.78 Å². The third kappa shape index (κ3) is 2.43. The Hall–Kier alpha value is -0.660. The third-order valence-electron chi connectivity index (χ3n) is 1.90. The van der Waals surface area contributed by atoms with E-state index in [0.717, 1.165) is 4.47 Å². The highest BCUT2D eigenvalue weighted by atomic mass is 79.9. The Kier molecular flexibility index (Phi) is 3.85. The summed E-state index contributed by atoms with van der Waals surface area (Å²) in [7, 11) is 0. The molecular formula is C10H10BrNOS. The van der Waals surface area contributed by atoms with E-state index in [4.69, 9.17) is 5.26 Å². The standard InChI is InChI=1S/C10H10BrNOS/c1-6(2)8(4-12)10(13)9-3-7(11)5-14-9/h3,5-6,8H,1-2H3. The minimum absolute atomic E-state index is 0.0633. The molecule has 2 nitrogen and oxygen atoms in total. The maximum atomic E-state index is 11.8. The van der Waals surface area contributed by atoms with Crippen molar-refractivity contribution in [1.29, 1.82) is 5.26 Å². The lowest BCUT2D eigenvalue weighted by Crippen LogP contribution is -2.17. The van der Waals surface area contributed by atoms with Gasteiger partial charge in [-0.1, -0.05) is 13.8 Å². The van der Waals surface area contributed by atoms with Gasteiger partial charge in [0.2, 0.25) is 0 Å². The molecule has 0 fully saturated rings. The van der Waals surface area contributed by atoms with Crippen LogP contribution in [0, 0.1) is 23.2 Å². The molecule has 0 aliphatic heterocycles. The number of hydrogen-bond acceptors (Lipinski definition) is 3. The van der Waals surface area contributed by atoms with E-state index in [-0.39, 0.29) is 11.7 Å². The molecule has 0 bridgehead atoms. The first-order chi connectivity index (χ1) is 6.56. The maximum absolute atomic E-state index is 11.8. The lowest BCUT2D eigenvalue weighted by atomic mass is 9.92. The minimum Gasteiger partial charge on any atom is -0.292 e. The molecular weight excluding hydrogens is 262 g/mol. The van der Waals surface area contributed by atoms with E-state index in [2.05, 4.69) is 22.0 Å². The highest BCUT2D eigenvalue weighted by Crippen LogP contribution is 2.24. The summed E-state index contributed by atoms with van der Waals surface area (Å²) in [6.45, 7) is 3.77. The molecule has 14 heavy (non-hydrogen) atoms. The number of ketones is 1. The summed E-state index contributed by atoms with van der Waals surface area (Å²) in [6, 6.07) is 3.81. The Bertz CT molecular complexity index is 378. The quantitative estimate of drug-likeness (QED) is 0.790. The molecule has 0 saturated carbocycles. The monoisotopic (exact) mass is 271 g/mol. The summed E-state index contributed by atoms with van der Waals surface area (Å²) < 4.78 is 0.895. The van der Waals surface area contributed by atoms with Crippen LogP contribution in [-0.2, 0) is 0 Å². The van der Waals surface area contributed by atoms with E-state index in [1.54, 1.807) is 6.07 Å². The van der Waals surface area contributed by atoms with Crippen molar-refractivity contribution in [3.05, 3.63) is 20.8 Å². The smallest absolute Gasteiger partial charge is 0.190 e. The lowest BCUT2D eigenvalue weighted by molar-refractivity contribution is 0.0928. The summed E-state index contributed by atoms with van der Waals surface area (Å²) in [5, 5.41) is 10.7. The summed E-state index contributed by atoms with van der Waals surface area (Å²) in [6.07, 6.45) is 0. The molecule has 0 spiro atoms. The molecule has 1 atom stereocenters. The first kappa shape index (κ1) is 11.4. The second kappa shape index (κ2) is 4.72. The largest absolute Gasteiger partial charge is 0.292 e. The molecule has 1 rings (SSSR count). The second-order valence-electron chi connectivity index (χ2n) is 3.34. The van der Waals surface area contributed by atoms with Gasteiger partial charge in [0.25, 0.3) is 0 Å². The van der Waals surface area contributed by atoms with Crippen LogP contribution in [0.4, 0.5) is 0 Å². The van der Waals surface area contributed by atoms with Crippen LogP contribution < -0.4 is 0 Å². The average molecular weight is 272 g/mol. The van der Waals surface area contributed by atoms with Gasteiger partial charge in [-0.3, -0.25) is 4.79 Å². The van der Waals surface area contributed by atoms with E-state index >= 15 is 0 Å². The highest BCUT2D eigenvalue weighted by Gasteiger charge is 2.23. The summed E-state index contributed by atoms with van der Waals surface area (Å²) >= 11 is 4.66. The van der Waals surface area contributed by atoms with Crippen molar-refractivity contribution in [1.82, 2.24) is 0 Å². The Balaban J connectivity index is 2.90. The minimum atomic E-state index is -0.527. The average Bonchev–Trinajstić information content (AvgIpc) is 2.52. The van der Waals surface area contributed by atoms with Crippen LogP contribution in [0.5, 0.6) is 0 Å². The van der Waals surface area contributed by atoms with Gasteiger partial charge < -0.3 is 0 Å². The Morgan fingerprint density at radius 3 is 2.64 bits per heavy atom. The first-order valence-electron chi connectivity index (χ1n) is 4.24. The van der Waals surface area contributed by atoms with Crippen molar-refractivity contribution in [2.24, 2.45) is 11.8 Å². The molecule has 0 amide bonds. The highest BCUT2D eigenvalue weighted by molar-refractivity contribution is 9.10. The number of carbonyl (C=O) groups is 1. The SMILES string of the molecule is CC(C)C(C#N)C(=O)c1cc(Br)cs1. The molecule has 0 aliphatic carbocycles. The van der Waals surface area contributed by atoms with Crippen molar-refractivity contribution in [2.45, 2.75) is 13.8 Å². The topological polar surface area (TPSA) is 40.9 Å². The normalized spacial score (nSPS) is 12.5. The van der Waals surface area contributed by atoms with E-state index in [0.29, 0.717) is 4.88 Å². The van der Waals surface area contributed by atoms with E-state index < -0.39 is 5.92 Å². The van der Waals surface area contributed by atoms with E-state index in [1.807, 2.05) is 19.2 Å². The van der Waals surface area contributed by atoms with Crippen molar-refractivity contribution in [3.63, 3.8) is 0 Å². The zero-order valence-corrected chi connectivity index (χ0v) is 10.4. The van der Waals surface area contributed by atoms with Crippen molar-refractivity contribution in [2.75, 3.05) is 0 Å². The Morgan fingerprint density at radius 1 is 1.64 bits per heavy atom. The van der Waals surface area contributed by atoms with Gasteiger partial charge in [-0.15, -0.1) is 11.3 Å². The molecule has 1 aromatic heterocycles. The number of nitriles is 1. The number of nitrogens with zero attached hydrogens (tertiary/aromatic N) is 1. The fourth-order valence-corrected chi connectivity index (χ4v) is 2.51. The molecule has 1 unspecified atom stereocenters. The van der Waals surface area contributed by atoms with Crippen LogP contribution >= 0.6 is 27.3 Å². The summed E-state index contributed by atoms with van der Waals surface area (Å²) in [5.74, 6) is -0.535. The van der Waals surface area contributed by atoms with E-state index in [1.165, 1.54) is 11.3 Å². The second-order valence-corrected chi connectivity index (χ2v) is 5.17. The zero-order chi connectivity index (χ0) is 10.7. The summed E-state index contributed by atoms with van der Waals surface area (Å²) in [5.41, 5.74) is 0. The van der Waals surface area contributed by atoms with Crippen molar-refractivity contribution in [3.8, 4) is 6.07 Å². The number of carbonyl (C=O) groups excluding carboxylic acids is 1. The first-order valence-corrected chi connectivity index (χ1v) is 5.91. The van der Waals surface area contributed by atoms with Gasteiger partial charge in [-0.25, -0.2) is 0 Å². The number of thiophene rings is 1. The van der Waals surface area contributed by atoms with Gasteiger partial charge in [-0.05, 0) is 27.9 Å². The molecule has 0 N–H and O–H groups in total. The van der Waals surface area contributed by atoms with Crippen molar-refractivity contribution >= 4 is 33.0 Å². The van der Waals surface area contributed by atoms with Gasteiger partial charge in [-0.2, -0.15) is 5.26 Å². The molecule has 0 radical (unpaired) electrons. The van der Waals surface area contributed by atoms with Gasteiger partial charge in [0.15, 0.2) is 5.78 Å². The van der Waals surface area contributed by atoms with Crippen LogP contribution in [0.3, 0.4) is 0 Å². The van der Waals surface area contributed by atoms with Gasteiger partial charge >= 0.3 is 0 Å². The molecule has 1 aromatic rings. The summed E-state index contributed by atoms with van der Waals surface area (Å²) in [4.78, 5) is 12.4. The van der Waals surface area contributed by atoms with Crippen LogP contribution in [0.25, 0.3) is 0 Å². The fourth-order valence-electron chi connectivity index (χ4n) is 1.11. The van der Waals surface area contributed by atoms with Crippen LogP contribution in [0.2, 0.25) is 0 Å². The molecule has 0 saturated heterocycles. The number of rotatable bonds is 3. The Labute approximate surface area is 95.7 Å². The van der Waals surface area contributed by atoms with Crippen LogP contribution in [0.15, 0.2) is 15.9 Å². The maximum Gasteiger partial charge on any atom is 0.190 e. The molecule has 1 heterocycles.